The Balaban J connectivity index is 2.43. The highest BCUT2D eigenvalue weighted by Gasteiger charge is 2.41. The van der Waals surface area contributed by atoms with E-state index >= 15 is 0 Å². The van der Waals surface area contributed by atoms with Gasteiger partial charge in [-0.05, 0) is 31.9 Å². The molecule has 3 rings (SSSR count). The molecule has 10 heteroatoms. The minimum Gasteiger partial charge on any atom is -0.477 e. The molecule has 1 unspecified atom stereocenters. The van der Waals surface area contributed by atoms with Crippen molar-refractivity contribution in [3.05, 3.63) is 39.4 Å². The third-order valence-corrected chi connectivity index (χ3v) is 5.08. The molecule has 152 valence electrons. The number of carbonyl (C=O) groups is 1. The summed E-state index contributed by atoms with van der Waals surface area (Å²) in [6.45, 7) is 2.13. The summed E-state index contributed by atoms with van der Waals surface area (Å²) >= 11 is 0. The van der Waals surface area contributed by atoms with E-state index in [-0.39, 0.29) is 32.1 Å². The Hall–Kier alpha value is -2.62. The number of aromatic nitrogens is 1. The topological polar surface area (TPSA) is 88.6 Å². The first-order chi connectivity index (χ1) is 13.1. The predicted molar refractivity (Wildman–Crippen MR) is 95.2 cm³/mol. The van der Waals surface area contributed by atoms with Gasteiger partial charge in [-0.3, -0.25) is 4.79 Å². The number of aromatic carboxylic acids is 1. The first-order valence-corrected chi connectivity index (χ1v) is 8.75. The second kappa shape index (κ2) is 7.08. The molecule has 0 aliphatic carbocycles. The van der Waals surface area contributed by atoms with Crippen molar-refractivity contribution in [3.63, 3.8) is 0 Å². The average molecular weight is 401 g/mol. The third-order valence-electron chi connectivity index (χ3n) is 5.08. The number of benzene rings is 1. The number of halogens is 4. The zero-order chi connectivity index (χ0) is 20.8. The number of fused-ring (bicyclic) bond motifs is 1. The van der Waals surface area contributed by atoms with E-state index in [1.165, 1.54) is 11.8 Å². The number of pyridine rings is 1. The molecule has 2 aromatic rings. The van der Waals surface area contributed by atoms with E-state index < -0.39 is 51.1 Å². The molecule has 1 fully saturated rings. The van der Waals surface area contributed by atoms with Gasteiger partial charge in [0.1, 0.15) is 16.9 Å². The van der Waals surface area contributed by atoms with Crippen molar-refractivity contribution in [3.8, 4) is 0 Å². The molecule has 6 nitrogen and oxygen atoms in total. The van der Waals surface area contributed by atoms with Gasteiger partial charge in [0.15, 0.2) is 0 Å². The van der Waals surface area contributed by atoms with E-state index in [2.05, 4.69) is 0 Å². The van der Waals surface area contributed by atoms with Gasteiger partial charge in [-0.15, -0.1) is 0 Å². The molecular weight excluding hydrogens is 382 g/mol. The molecule has 28 heavy (non-hydrogen) atoms. The van der Waals surface area contributed by atoms with Gasteiger partial charge in [0.05, 0.1) is 16.6 Å². The second-order valence-electron chi connectivity index (χ2n) is 6.78. The molecular formula is C18H19F4N3O3. The van der Waals surface area contributed by atoms with Crippen LogP contribution in [-0.2, 0) is 12.7 Å². The van der Waals surface area contributed by atoms with Gasteiger partial charge < -0.3 is 20.3 Å². The molecule has 1 aromatic carbocycles. The molecule has 0 amide bonds. The van der Waals surface area contributed by atoms with E-state index in [1.54, 1.807) is 0 Å². The summed E-state index contributed by atoms with van der Waals surface area (Å²) in [7, 11) is 0. The van der Waals surface area contributed by atoms with Gasteiger partial charge in [-0.1, -0.05) is 0 Å². The summed E-state index contributed by atoms with van der Waals surface area (Å²) in [6, 6.07) is 0.705. The fraction of sp³-hybridized carbons (Fsp3) is 0.444. The SMILES string of the molecule is CCn1cc(C(=O)O)c(=O)c2cc(F)c(N3CCC(CN)C3)c(C(F)(F)F)c21. The Morgan fingerprint density at radius 3 is 2.57 bits per heavy atom. The van der Waals surface area contributed by atoms with Crippen molar-refractivity contribution in [1.29, 1.82) is 0 Å². The Morgan fingerprint density at radius 2 is 2.07 bits per heavy atom. The first-order valence-electron chi connectivity index (χ1n) is 8.75. The number of nitrogens with zero attached hydrogens (tertiary/aromatic N) is 2. The highest BCUT2D eigenvalue weighted by atomic mass is 19.4. The second-order valence-corrected chi connectivity index (χ2v) is 6.78. The first kappa shape index (κ1) is 20.1. The number of hydrogen-bond acceptors (Lipinski definition) is 4. The highest BCUT2D eigenvalue weighted by Crippen LogP contribution is 2.43. The van der Waals surface area contributed by atoms with Crippen LogP contribution in [0.4, 0.5) is 23.2 Å². The number of hydrogen-bond donors (Lipinski definition) is 2. The van der Waals surface area contributed by atoms with Gasteiger partial charge in [0.2, 0.25) is 5.43 Å². The minimum atomic E-state index is -4.95. The van der Waals surface area contributed by atoms with Crippen molar-refractivity contribution in [1.82, 2.24) is 4.57 Å². The maximum atomic E-state index is 14.9. The maximum Gasteiger partial charge on any atom is 0.420 e. The molecule has 0 radical (unpaired) electrons. The van der Waals surface area contributed by atoms with Gasteiger partial charge in [0.25, 0.3) is 0 Å². The minimum absolute atomic E-state index is 0.0311. The summed E-state index contributed by atoms with van der Waals surface area (Å²) in [5.41, 5.74) is 1.33. The Kier molecular flexibility index (Phi) is 5.09. The number of carboxylic acid groups (broad SMARTS) is 1. The quantitative estimate of drug-likeness (QED) is 0.769. The number of carboxylic acids is 1. The number of alkyl halides is 3. The van der Waals surface area contributed by atoms with Gasteiger partial charge in [0, 0.05) is 25.8 Å². The third kappa shape index (κ3) is 3.21. The average Bonchev–Trinajstić information content (AvgIpc) is 3.09. The molecule has 3 N–H and O–H groups in total. The van der Waals surface area contributed by atoms with Crippen LogP contribution in [0.15, 0.2) is 17.1 Å². The lowest BCUT2D eigenvalue weighted by atomic mass is 10.0. The molecule has 1 saturated heterocycles. The normalized spacial score (nSPS) is 17.5. The van der Waals surface area contributed by atoms with Crippen LogP contribution in [0, 0.1) is 11.7 Å². The molecule has 0 bridgehead atoms. The lowest BCUT2D eigenvalue weighted by Crippen LogP contribution is -2.28. The molecule has 1 aliphatic heterocycles. The summed E-state index contributed by atoms with van der Waals surface area (Å²) in [4.78, 5) is 25.0. The van der Waals surface area contributed by atoms with Crippen LogP contribution >= 0.6 is 0 Å². The van der Waals surface area contributed by atoms with Crippen molar-refractivity contribution in [2.75, 3.05) is 24.5 Å². The molecule has 0 saturated carbocycles. The van der Waals surface area contributed by atoms with Crippen molar-refractivity contribution in [2.45, 2.75) is 26.1 Å². The van der Waals surface area contributed by atoms with Gasteiger partial charge in [-0.2, -0.15) is 13.2 Å². The standard InChI is InChI=1S/C18H19F4N3O3/c1-2-24-8-11(17(27)28)16(26)10-5-12(19)15(13(14(10)24)18(20,21)22)25-4-3-9(6-23)7-25/h5,8-9H,2-4,6-7,23H2,1H3,(H,27,28). The molecule has 1 aromatic heterocycles. The van der Waals surface area contributed by atoms with E-state index in [1.807, 2.05) is 0 Å². The zero-order valence-corrected chi connectivity index (χ0v) is 15.0. The molecule has 2 heterocycles. The van der Waals surface area contributed by atoms with Crippen LogP contribution in [0.2, 0.25) is 0 Å². The monoisotopic (exact) mass is 401 g/mol. The molecule has 0 spiro atoms. The summed E-state index contributed by atoms with van der Waals surface area (Å²) in [5.74, 6) is -2.85. The van der Waals surface area contributed by atoms with Crippen molar-refractivity contribution < 1.29 is 27.5 Å². The lowest BCUT2D eigenvalue weighted by Gasteiger charge is -2.26. The fourth-order valence-corrected chi connectivity index (χ4v) is 3.73. The largest absolute Gasteiger partial charge is 0.477 e. The highest BCUT2D eigenvalue weighted by molar-refractivity contribution is 5.95. The van der Waals surface area contributed by atoms with Crippen LogP contribution < -0.4 is 16.1 Å². The number of anilines is 1. The summed E-state index contributed by atoms with van der Waals surface area (Å²) in [5, 5.41) is 8.57. The maximum absolute atomic E-state index is 14.9. The summed E-state index contributed by atoms with van der Waals surface area (Å²) < 4.78 is 58.0. The molecule has 1 atom stereocenters. The predicted octanol–water partition coefficient (Wildman–Crippen LogP) is 2.66. The van der Waals surface area contributed by atoms with Gasteiger partial charge >= 0.3 is 12.1 Å². The zero-order valence-electron chi connectivity index (χ0n) is 15.0. The lowest BCUT2D eigenvalue weighted by molar-refractivity contribution is -0.136. The summed E-state index contributed by atoms with van der Waals surface area (Å²) in [6.07, 6.45) is -3.55. The smallest absolute Gasteiger partial charge is 0.420 e. The van der Waals surface area contributed by atoms with E-state index in [4.69, 9.17) is 5.73 Å². The van der Waals surface area contributed by atoms with Crippen LogP contribution in [0.3, 0.4) is 0 Å². The van der Waals surface area contributed by atoms with Crippen LogP contribution in [0.25, 0.3) is 10.9 Å². The number of rotatable bonds is 4. The number of aryl methyl sites for hydroxylation is 1. The van der Waals surface area contributed by atoms with Crippen molar-refractivity contribution in [2.24, 2.45) is 11.7 Å². The number of nitrogens with two attached hydrogens (primary N) is 1. The van der Waals surface area contributed by atoms with Crippen molar-refractivity contribution >= 4 is 22.6 Å². The Morgan fingerprint density at radius 1 is 1.39 bits per heavy atom. The van der Waals surface area contributed by atoms with E-state index in [0.717, 1.165) is 10.8 Å². The molecule has 1 aliphatic rings. The van der Waals surface area contributed by atoms with Gasteiger partial charge in [-0.25, -0.2) is 9.18 Å². The van der Waals surface area contributed by atoms with Crippen LogP contribution in [0.1, 0.15) is 29.3 Å². The fourth-order valence-electron chi connectivity index (χ4n) is 3.73. The van der Waals surface area contributed by atoms with E-state index in [0.29, 0.717) is 12.5 Å². The Labute approximate surface area is 157 Å². The van der Waals surface area contributed by atoms with E-state index in [9.17, 15) is 32.3 Å². The van der Waals surface area contributed by atoms with Crippen LogP contribution in [-0.4, -0.2) is 35.3 Å². The van der Waals surface area contributed by atoms with Crippen LogP contribution in [0.5, 0.6) is 0 Å². The Bertz CT molecular complexity index is 1000.